The van der Waals surface area contributed by atoms with Crippen LogP contribution in [0.15, 0.2) is 30.3 Å². The zero-order valence-corrected chi connectivity index (χ0v) is 19.7. The molecule has 7 nitrogen and oxygen atoms in total. The van der Waals surface area contributed by atoms with Crippen molar-refractivity contribution < 1.29 is 9.53 Å². The van der Waals surface area contributed by atoms with Gasteiger partial charge in [-0.25, -0.2) is 0 Å². The molecular weight excluding hydrogens is 402 g/mol. The van der Waals surface area contributed by atoms with Gasteiger partial charge in [-0.05, 0) is 36.7 Å². The van der Waals surface area contributed by atoms with Gasteiger partial charge in [-0.2, -0.15) is 0 Å². The van der Waals surface area contributed by atoms with Gasteiger partial charge in [-0.1, -0.05) is 50.6 Å². The monoisotopic (exact) mass is 439 g/mol. The minimum atomic E-state index is -0.0381. The predicted octanol–water partition coefficient (Wildman–Crippen LogP) is 3.60. The van der Waals surface area contributed by atoms with Crippen molar-refractivity contribution in [2.24, 2.45) is 11.8 Å². The van der Waals surface area contributed by atoms with Crippen molar-refractivity contribution in [1.82, 2.24) is 20.1 Å². The number of hydrogen-bond acceptors (Lipinski definition) is 5. The van der Waals surface area contributed by atoms with E-state index in [9.17, 15) is 4.79 Å². The Balaban J connectivity index is 1.62. The molecule has 1 amide bonds. The van der Waals surface area contributed by atoms with Crippen molar-refractivity contribution in [1.29, 1.82) is 0 Å². The first kappa shape index (κ1) is 22.8. The van der Waals surface area contributed by atoms with Crippen molar-refractivity contribution in [3.05, 3.63) is 41.7 Å². The third-order valence-corrected chi connectivity index (χ3v) is 6.93. The normalized spacial score (nSPS) is 24.5. The lowest BCUT2D eigenvalue weighted by atomic mass is 9.95. The topological polar surface area (TPSA) is 72.3 Å². The van der Waals surface area contributed by atoms with Gasteiger partial charge in [0.25, 0.3) is 0 Å². The smallest absolute Gasteiger partial charge is 0.227 e. The van der Waals surface area contributed by atoms with Crippen LogP contribution in [0, 0.1) is 11.8 Å². The Morgan fingerprint density at radius 2 is 2.06 bits per heavy atom. The molecule has 174 valence electrons. The summed E-state index contributed by atoms with van der Waals surface area (Å²) in [4.78, 5) is 13.6. The summed E-state index contributed by atoms with van der Waals surface area (Å²) in [7, 11) is 0. The quantitative estimate of drug-likeness (QED) is 0.680. The Morgan fingerprint density at radius 1 is 1.25 bits per heavy atom. The van der Waals surface area contributed by atoms with Crippen molar-refractivity contribution in [2.45, 2.75) is 65.0 Å². The largest absolute Gasteiger partial charge is 0.373 e. The standard InChI is InChI=1S/C25H37N5O2/c1-4-23(21-8-6-5-7-9-21)24-27-28-25(30(24)16-20-11-10-18(2)14-20)29-12-13-32-22(17-29)15-26-19(3)31/h5-9,18,20,22-23H,4,10-17H2,1-3H3,(H,26,31). The Kier molecular flexibility index (Phi) is 7.45. The van der Waals surface area contributed by atoms with E-state index in [1.165, 1.54) is 24.8 Å². The maximum atomic E-state index is 11.4. The maximum absolute atomic E-state index is 11.4. The van der Waals surface area contributed by atoms with Gasteiger partial charge in [0.05, 0.1) is 12.7 Å². The highest BCUT2D eigenvalue weighted by molar-refractivity contribution is 5.72. The molecular formula is C25H37N5O2. The number of nitrogens with one attached hydrogen (secondary N) is 1. The van der Waals surface area contributed by atoms with Crippen LogP contribution in [-0.4, -0.2) is 53.0 Å². The number of carbonyl (C=O) groups is 1. The molecule has 1 aliphatic carbocycles. The number of carbonyl (C=O) groups excluding carboxylic acids is 1. The molecule has 0 spiro atoms. The summed E-state index contributed by atoms with van der Waals surface area (Å²) in [5.41, 5.74) is 1.29. The first-order valence-corrected chi connectivity index (χ1v) is 12.1. The van der Waals surface area contributed by atoms with Gasteiger partial charge in [0.1, 0.15) is 5.82 Å². The van der Waals surface area contributed by atoms with Gasteiger partial charge < -0.3 is 15.0 Å². The van der Waals surface area contributed by atoms with E-state index in [-0.39, 0.29) is 17.9 Å². The predicted molar refractivity (Wildman–Crippen MR) is 126 cm³/mol. The van der Waals surface area contributed by atoms with E-state index in [0.29, 0.717) is 25.6 Å². The number of benzene rings is 1. The maximum Gasteiger partial charge on any atom is 0.227 e. The molecule has 2 aromatic rings. The van der Waals surface area contributed by atoms with E-state index in [4.69, 9.17) is 14.9 Å². The van der Waals surface area contributed by atoms with Crippen molar-refractivity contribution in [3.8, 4) is 0 Å². The van der Waals surface area contributed by atoms with Crippen LogP contribution in [0.2, 0.25) is 0 Å². The van der Waals surface area contributed by atoms with Crippen LogP contribution >= 0.6 is 0 Å². The van der Waals surface area contributed by atoms with Crippen LogP contribution in [0.1, 0.15) is 63.8 Å². The molecule has 1 N–H and O–H groups in total. The molecule has 1 aliphatic heterocycles. The average Bonchev–Trinajstić information content (AvgIpc) is 3.40. The molecule has 2 heterocycles. The van der Waals surface area contributed by atoms with Crippen molar-refractivity contribution in [2.75, 3.05) is 31.1 Å². The number of morpholine rings is 1. The van der Waals surface area contributed by atoms with Crippen LogP contribution in [0.25, 0.3) is 0 Å². The lowest BCUT2D eigenvalue weighted by Gasteiger charge is -2.34. The fraction of sp³-hybridized carbons (Fsp3) is 0.640. The molecule has 0 bridgehead atoms. The summed E-state index contributed by atoms with van der Waals surface area (Å²) < 4.78 is 8.29. The SMILES string of the molecule is CCC(c1ccccc1)c1nnc(N2CCOC(CNC(C)=O)C2)n1CC1CCC(C)C1. The lowest BCUT2D eigenvalue weighted by Crippen LogP contribution is -2.48. The zero-order valence-electron chi connectivity index (χ0n) is 19.7. The number of aromatic nitrogens is 3. The number of anilines is 1. The summed E-state index contributed by atoms with van der Waals surface area (Å²) in [6.07, 6.45) is 4.80. The average molecular weight is 440 g/mol. The van der Waals surface area contributed by atoms with Gasteiger partial charge in [-0.3, -0.25) is 9.36 Å². The summed E-state index contributed by atoms with van der Waals surface area (Å²) in [5, 5.41) is 12.4. The highest BCUT2D eigenvalue weighted by Gasteiger charge is 2.31. The van der Waals surface area contributed by atoms with Crippen molar-refractivity contribution in [3.63, 3.8) is 0 Å². The minimum Gasteiger partial charge on any atom is -0.373 e. The van der Waals surface area contributed by atoms with E-state index < -0.39 is 0 Å². The molecule has 1 aromatic carbocycles. The Bertz CT molecular complexity index is 884. The van der Waals surface area contributed by atoms with E-state index >= 15 is 0 Å². The minimum absolute atomic E-state index is 0.0276. The molecule has 1 aromatic heterocycles. The molecule has 1 saturated carbocycles. The summed E-state index contributed by atoms with van der Waals surface area (Å²) in [6, 6.07) is 10.7. The second-order valence-electron chi connectivity index (χ2n) is 9.50. The molecule has 7 heteroatoms. The summed E-state index contributed by atoms with van der Waals surface area (Å²) in [6.45, 7) is 9.75. The molecule has 1 saturated heterocycles. The Hall–Kier alpha value is -2.41. The van der Waals surface area contributed by atoms with E-state index in [0.717, 1.165) is 37.2 Å². The van der Waals surface area contributed by atoms with Gasteiger partial charge >= 0.3 is 0 Å². The molecule has 4 atom stereocenters. The number of ether oxygens (including phenoxy) is 1. The van der Waals surface area contributed by atoms with Gasteiger partial charge in [0.2, 0.25) is 11.9 Å². The van der Waals surface area contributed by atoms with E-state index in [2.05, 4.69) is 59.0 Å². The molecule has 2 fully saturated rings. The van der Waals surface area contributed by atoms with Gasteiger partial charge in [-0.15, -0.1) is 10.2 Å². The van der Waals surface area contributed by atoms with E-state index in [1.54, 1.807) is 6.92 Å². The molecule has 32 heavy (non-hydrogen) atoms. The molecule has 4 unspecified atom stereocenters. The number of nitrogens with zero attached hydrogens (tertiary/aromatic N) is 4. The first-order valence-electron chi connectivity index (χ1n) is 12.1. The first-order chi connectivity index (χ1) is 15.5. The second-order valence-corrected chi connectivity index (χ2v) is 9.50. The fourth-order valence-corrected chi connectivity index (χ4v) is 5.26. The third-order valence-electron chi connectivity index (χ3n) is 6.93. The van der Waals surface area contributed by atoms with Crippen LogP contribution in [0.4, 0.5) is 5.95 Å². The third kappa shape index (κ3) is 5.31. The van der Waals surface area contributed by atoms with Crippen LogP contribution in [-0.2, 0) is 16.1 Å². The zero-order chi connectivity index (χ0) is 22.5. The second kappa shape index (κ2) is 10.5. The molecule has 0 radical (unpaired) electrons. The highest BCUT2D eigenvalue weighted by atomic mass is 16.5. The number of hydrogen-bond donors (Lipinski definition) is 1. The summed E-state index contributed by atoms with van der Waals surface area (Å²) >= 11 is 0. The Labute approximate surface area is 191 Å². The molecule has 4 rings (SSSR count). The number of rotatable bonds is 8. The molecule has 2 aliphatic rings. The summed E-state index contributed by atoms with van der Waals surface area (Å²) in [5.74, 6) is 3.68. The van der Waals surface area contributed by atoms with Gasteiger partial charge in [0, 0.05) is 39.0 Å². The fourth-order valence-electron chi connectivity index (χ4n) is 5.26. The highest BCUT2D eigenvalue weighted by Crippen LogP contribution is 2.35. The van der Waals surface area contributed by atoms with Crippen LogP contribution < -0.4 is 10.2 Å². The van der Waals surface area contributed by atoms with E-state index in [1.807, 2.05) is 0 Å². The Morgan fingerprint density at radius 3 is 2.75 bits per heavy atom. The lowest BCUT2D eigenvalue weighted by molar-refractivity contribution is -0.119. The van der Waals surface area contributed by atoms with Crippen LogP contribution in [0.3, 0.4) is 0 Å². The number of amides is 1. The van der Waals surface area contributed by atoms with Crippen molar-refractivity contribution >= 4 is 11.9 Å². The van der Waals surface area contributed by atoms with Crippen LogP contribution in [0.5, 0.6) is 0 Å². The van der Waals surface area contributed by atoms with Gasteiger partial charge in [0.15, 0.2) is 0 Å².